The molecule has 2 amide bonds. The van der Waals surface area contributed by atoms with Crippen molar-refractivity contribution in [3.63, 3.8) is 0 Å². The maximum absolute atomic E-state index is 13.1. The van der Waals surface area contributed by atoms with Crippen molar-refractivity contribution in [3.8, 4) is 11.5 Å². The molecule has 0 heterocycles. The number of benzene rings is 4. The number of halogens is 3. The number of ether oxygens (including phenoxy) is 1. The molecule has 0 saturated heterocycles. The van der Waals surface area contributed by atoms with Gasteiger partial charge in [0.2, 0.25) is 5.91 Å². The standard InChI is InChI=1S/C26H19F3N4O4/c1-37-21-10-9-15(24(30)35)12-20(21)32-33-22-18-8-3-2-5-14(18)11-19(23(22)34)25(36)31-17-7-4-6-16(13-17)26(27,28)29/h2-13,34H,1H3,(H2,30,35)(H,31,36)/b33-32-. The third-order valence-corrected chi connectivity index (χ3v) is 5.41. The zero-order valence-corrected chi connectivity index (χ0v) is 19.2. The van der Waals surface area contributed by atoms with Crippen molar-refractivity contribution < 1.29 is 32.6 Å². The minimum Gasteiger partial charge on any atom is -0.505 e. The van der Waals surface area contributed by atoms with Gasteiger partial charge >= 0.3 is 6.18 Å². The van der Waals surface area contributed by atoms with Crippen LogP contribution in [-0.2, 0) is 6.18 Å². The van der Waals surface area contributed by atoms with E-state index in [1.54, 1.807) is 24.3 Å². The fourth-order valence-corrected chi connectivity index (χ4v) is 3.59. The number of azo groups is 1. The SMILES string of the molecule is COc1ccc(C(N)=O)cc1/N=N\c1c(O)c(C(=O)Nc2cccc(C(F)(F)F)c2)cc2ccccc12. The molecule has 4 rings (SSSR count). The van der Waals surface area contributed by atoms with Gasteiger partial charge in [-0.25, -0.2) is 0 Å². The molecule has 0 spiro atoms. The molecule has 0 atom stereocenters. The highest BCUT2D eigenvalue weighted by molar-refractivity contribution is 6.11. The number of fused-ring (bicyclic) bond motifs is 1. The molecule has 4 aromatic rings. The molecule has 0 aromatic heterocycles. The van der Waals surface area contributed by atoms with E-state index in [1.165, 1.54) is 37.4 Å². The summed E-state index contributed by atoms with van der Waals surface area (Å²) >= 11 is 0. The van der Waals surface area contributed by atoms with Gasteiger partial charge in [0.05, 0.1) is 18.2 Å². The van der Waals surface area contributed by atoms with Gasteiger partial charge < -0.3 is 20.9 Å². The highest BCUT2D eigenvalue weighted by Gasteiger charge is 2.30. The van der Waals surface area contributed by atoms with Crippen molar-refractivity contribution in [2.45, 2.75) is 6.18 Å². The second-order valence-corrected chi connectivity index (χ2v) is 7.83. The zero-order chi connectivity index (χ0) is 26.7. The fourth-order valence-electron chi connectivity index (χ4n) is 3.59. The lowest BCUT2D eigenvalue weighted by Gasteiger charge is -2.13. The Morgan fingerprint density at radius 1 is 0.973 bits per heavy atom. The molecule has 4 aromatic carbocycles. The number of nitrogens with one attached hydrogen (secondary N) is 1. The number of primary amides is 1. The Morgan fingerprint density at radius 2 is 1.73 bits per heavy atom. The van der Waals surface area contributed by atoms with Crippen LogP contribution in [0.5, 0.6) is 11.5 Å². The molecule has 0 fully saturated rings. The van der Waals surface area contributed by atoms with Gasteiger partial charge in [-0.2, -0.15) is 13.2 Å². The van der Waals surface area contributed by atoms with E-state index in [9.17, 15) is 27.9 Å². The van der Waals surface area contributed by atoms with E-state index in [1.807, 2.05) is 0 Å². The number of hydrogen-bond acceptors (Lipinski definition) is 6. The van der Waals surface area contributed by atoms with Crippen LogP contribution >= 0.6 is 0 Å². The number of aromatic hydroxyl groups is 1. The number of carbonyl (C=O) groups excluding carboxylic acids is 2. The van der Waals surface area contributed by atoms with Crippen LogP contribution in [0.25, 0.3) is 10.8 Å². The first-order chi connectivity index (χ1) is 17.6. The monoisotopic (exact) mass is 508 g/mol. The van der Waals surface area contributed by atoms with Gasteiger partial charge in [-0.15, -0.1) is 10.2 Å². The lowest BCUT2D eigenvalue weighted by Crippen LogP contribution is -2.13. The Bertz CT molecular complexity index is 1550. The first kappa shape index (κ1) is 25.2. The van der Waals surface area contributed by atoms with Crippen LogP contribution in [0.2, 0.25) is 0 Å². The summed E-state index contributed by atoms with van der Waals surface area (Å²) in [6, 6.07) is 16.5. The van der Waals surface area contributed by atoms with Crippen molar-refractivity contribution in [2.24, 2.45) is 16.0 Å². The third-order valence-electron chi connectivity index (χ3n) is 5.41. The molecule has 0 aliphatic carbocycles. The molecular formula is C26H19F3N4O4. The number of phenols is 1. The minimum absolute atomic E-state index is 0.0705. The second kappa shape index (κ2) is 9.97. The van der Waals surface area contributed by atoms with Crippen molar-refractivity contribution in [3.05, 3.63) is 89.5 Å². The van der Waals surface area contributed by atoms with Crippen molar-refractivity contribution >= 4 is 39.6 Å². The lowest BCUT2D eigenvalue weighted by atomic mass is 10.0. The van der Waals surface area contributed by atoms with Crippen molar-refractivity contribution in [1.29, 1.82) is 0 Å². The van der Waals surface area contributed by atoms with Gasteiger partial charge in [-0.3, -0.25) is 9.59 Å². The Kier molecular flexibility index (Phi) is 6.79. The molecule has 0 unspecified atom stereocenters. The molecule has 11 heteroatoms. The number of rotatable bonds is 6. The normalized spacial score (nSPS) is 11.6. The molecule has 0 radical (unpaired) electrons. The lowest BCUT2D eigenvalue weighted by molar-refractivity contribution is -0.137. The van der Waals surface area contributed by atoms with Gasteiger partial charge in [0.25, 0.3) is 5.91 Å². The molecule has 37 heavy (non-hydrogen) atoms. The molecule has 0 aliphatic heterocycles. The number of methoxy groups -OCH3 is 1. The molecule has 4 N–H and O–H groups in total. The maximum Gasteiger partial charge on any atom is 0.416 e. The number of hydrogen-bond donors (Lipinski definition) is 3. The molecule has 0 bridgehead atoms. The average Bonchev–Trinajstić information content (AvgIpc) is 2.87. The smallest absolute Gasteiger partial charge is 0.416 e. The summed E-state index contributed by atoms with van der Waals surface area (Å²) in [4.78, 5) is 24.6. The Morgan fingerprint density at radius 3 is 2.43 bits per heavy atom. The summed E-state index contributed by atoms with van der Waals surface area (Å²) in [5.74, 6) is -1.82. The van der Waals surface area contributed by atoms with Crippen LogP contribution in [0.15, 0.2) is 83.0 Å². The van der Waals surface area contributed by atoms with Gasteiger partial charge in [-0.1, -0.05) is 30.3 Å². The van der Waals surface area contributed by atoms with E-state index in [0.29, 0.717) is 10.8 Å². The number of amides is 2. The highest BCUT2D eigenvalue weighted by Crippen LogP contribution is 2.41. The number of carbonyl (C=O) groups is 2. The third kappa shape index (κ3) is 5.35. The number of anilines is 1. The largest absolute Gasteiger partial charge is 0.505 e. The molecule has 0 aliphatic rings. The van der Waals surface area contributed by atoms with Crippen LogP contribution in [0.3, 0.4) is 0 Å². The Labute approximate surface area is 208 Å². The fraction of sp³-hybridized carbons (Fsp3) is 0.0769. The van der Waals surface area contributed by atoms with Gasteiger partial charge in [0, 0.05) is 16.6 Å². The molecule has 0 saturated carbocycles. The van der Waals surface area contributed by atoms with Gasteiger partial charge in [0.15, 0.2) is 5.75 Å². The van der Waals surface area contributed by atoms with Crippen LogP contribution < -0.4 is 15.8 Å². The van der Waals surface area contributed by atoms with Crippen LogP contribution in [-0.4, -0.2) is 24.0 Å². The molecule has 8 nitrogen and oxygen atoms in total. The second-order valence-electron chi connectivity index (χ2n) is 7.83. The Hall–Kier alpha value is -4.93. The zero-order valence-electron chi connectivity index (χ0n) is 19.2. The van der Waals surface area contributed by atoms with E-state index >= 15 is 0 Å². The predicted octanol–water partition coefficient (Wildman–Crippen LogP) is 6.34. The van der Waals surface area contributed by atoms with Gasteiger partial charge in [-0.05, 0) is 47.9 Å². The summed E-state index contributed by atoms with van der Waals surface area (Å²) < 4.78 is 44.4. The van der Waals surface area contributed by atoms with Gasteiger partial charge in [0.1, 0.15) is 17.1 Å². The predicted molar refractivity (Wildman–Crippen MR) is 131 cm³/mol. The van der Waals surface area contributed by atoms with E-state index in [2.05, 4.69) is 15.5 Å². The topological polar surface area (TPSA) is 126 Å². The van der Waals surface area contributed by atoms with Crippen LogP contribution in [0.4, 0.5) is 30.2 Å². The summed E-state index contributed by atoms with van der Waals surface area (Å²) in [6.07, 6.45) is -4.59. The minimum atomic E-state index is -4.59. The quantitative estimate of drug-likeness (QED) is 0.263. The Balaban J connectivity index is 1.77. The number of alkyl halides is 3. The van der Waals surface area contributed by atoms with Crippen LogP contribution in [0.1, 0.15) is 26.3 Å². The summed E-state index contributed by atoms with van der Waals surface area (Å²) in [7, 11) is 1.39. The van der Waals surface area contributed by atoms with Crippen LogP contribution in [0, 0.1) is 0 Å². The van der Waals surface area contributed by atoms with E-state index in [0.717, 1.165) is 18.2 Å². The first-order valence-electron chi connectivity index (χ1n) is 10.7. The summed E-state index contributed by atoms with van der Waals surface area (Å²) in [5.41, 5.74) is 4.27. The number of phenolic OH excluding ortho intramolecular Hbond substituents is 1. The molecule has 188 valence electrons. The van der Waals surface area contributed by atoms with Crippen molar-refractivity contribution in [1.82, 2.24) is 0 Å². The summed E-state index contributed by atoms with van der Waals surface area (Å²) in [5, 5.41) is 22.5. The summed E-state index contributed by atoms with van der Waals surface area (Å²) in [6.45, 7) is 0. The van der Waals surface area contributed by atoms with Crippen molar-refractivity contribution in [2.75, 3.05) is 12.4 Å². The highest BCUT2D eigenvalue weighted by atomic mass is 19.4. The first-order valence-corrected chi connectivity index (χ1v) is 10.7. The van der Waals surface area contributed by atoms with E-state index in [4.69, 9.17) is 10.5 Å². The average molecular weight is 508 g/mol. The maximum atomic E-state index is 13.1. The van der Waals surface area contributed by atoms with E-state index in [-0.39, 0.29) is 33.9 Å². The number of nitrogens with two attached hydrogens (primary N) is 1. The molecular weight excluding hydrogens is 489 g/mol. The van der Waals surface area contributed by atoms with E-state index < -0.39 is 29.3 Å². The number of nitrogens with zero attached hydrogens (tertiary/aromatic N) is 2.